The maximum absolute atomic E-state index is 13.6. The smallest absolute Gasteiger partial charge is 0.407 e. The number of carbonyl (C=O) groups excluding carboxylic acids is 5. The highest BCUT2D eigenvalue weighted by Crippen LogP contribution is 2.41. The molecule has 17 nitrogen and oxygen atoms in total. The van der Waals surface area contributed by atoms with E-state index in [0.717, 1.165) is 18.4 Å². The van der Waals surface area contributed by atoms with Crippen LogP contribution in [0.5, 0.6) is 11.5 Å². The van der Waals surface area contributed by atoms with Crippen molar-refractivity contribution >= 4 is 35.6 Å². The number of imidazole rings is 2. The zero-order chi connectivity index (χ0) is 41.2. The summed E-state index contributed by atoms with van der Waals surface area (Å²) in [6.45, 7) is 8.55. The van der Waals surface area contributed by atoms with E-state index in [9.17, 15) is 24.0 Å². The van der Waals surface area contributed by atoms with Crippen molar-refractivity contribution in [3.8, 4) is 34.0 Å². The van der Waals surface area contributed by atoms with E-state index in [1.54, 1.807) is 46.5 Å². The number of alkyl carbamates (subject to hydrolysis) is 2. The van der Waals surface area contributed by atoms with E-state index >= 15 is 0 Å². The fourth-order valence-electron chi connectivity index (χ4n) is 7.84. The van der Waals surface area contributed by atoms with Crippen LogP contribution in [-0.2, 0) is 19.1 Å². The Morgan fingerprint density at radius 1 is 0.810 bits per heavy atom. The molecule has 7 rings (SSSR count). The molecule has 306 valence electrons. The van der Waals surface area contributed by atoms with Crippen molar-refractivity contribution < 1.29 is 38.2 Å². The zero-order valence-electron chi connectivity index (χ0n) is 33.4. The minimum Gasteiger partial charge on any atom is -0.454 e. The fraction of sp³-hybridized carbons (Fsp3) is 0.439. The summed E-state index contributed by atoms with van der Waals surface area (Å²) >= 11 is 0. The summed E-state index contributed by atoms with van der Waals surface area (Å²) in [6, 6.07) is 8.63. The second-order valence-corrected chi connectivity index (χ2v) is 15.4. The summed E-state index contributed by atoms with van der Waals surface area (Å²) in [5, 5.41) is 8.32. The Morgan fingerprint density at radius 2 is 1.41 bits per heavy atom. The zero-order valence-corrected chi connectivity index (χ0v) is 33.4. The molecule has 2 saturated heterocycles. The molecular weight excluding hydrogens is 747 g/mol. The third kappa shape index (κ3) is 7.93. The molecule has 17 heteroatoms. The largest absolute Gasteiger partial charge is 0.454 e. The molecule has 0 radical (unpaired) electrons. The quantitative estimate of drug-likeness (QED) is 0.128. The average Bonchev–Trinajstić information content (AvgIpc) is 4.05. The molecule has 0 bridgehead atoms. The number of rotatable bonds is 10. The van der Waals surface area contributed by atoms with Gasteiger partial charge in [-0.3, -0.25) is 14.4 Å². The van der Waals surface area contributed by atoms with Gasteiger partial charge in [-0.05, 0) is 67.9 Å². The van der Waals surface area contributed by atoms with Crippen molar-refractivity contribution in [2.45, 2.75) is 77.5 Å². The molecule has 0 aliphatic carbocycles. The Morgan fingerprint density at radius 3 is 2.02 bits per heavy atom. The summed E-state index contributed by atoms with van der Waals surface area (Å²) in [5.41, 5.74) is 3.59. The van der Waals surface area contributed by atoms with Gasteiger partial charge in [0.25, 0.3) is 5.91 Å². The minimum absolute atomic E-state index is 0.151. The highest BCUT2D eigenvalue weighted by molar-refractivity contribution is 6.08. The Kier molecular flexibility index (Phi) is 11.4. The van der Waals surface area contributed by atoms with Crippen LogP contribution in [0.3, 0.4) is 0 Å². The fourth-order valence-corrected chi connectivity index (χ4v) is 7.84. The van der Waals surface area contributed by atoms with E-state index in [1.807, 2.05) is 39.8 Å². The van der Waals surface area contributed by atoms with Crippen molar-refractivity contribution in [2.24, 2.45) is 11.8 Å². The molecule has 2 aromatic heterocycles. The molecule has 4 aromatic rings. The van der Waals surface area contributed by atoms with E-state index in [0.29, 0.717) is 77.3 Å². The molecule has 0 spiro atoms. The molecule has 3 aliphatic rings. The molecule has 5 amide bonds. The summed E-state index contributed by atoms with van der Waals surface area (Å²) < 4.78 is 15.8. The first-order valence-corrected chi connectivity index (χ1v) is 19.5. The second kappa shape index (κ2) is 16.6. The number of nitrogens with one attached hydrogen (secondary N) is 5. The minimum atomic E-state index is -0.742. The van der Waals surface area contributed by atoms with Gasteiger partial charge in [-0.15, -0.1) is 0 Å². The number of amides is 5. The number of fused-ring (bicyclic) bond motifs is 2. The lowest BCUT2D eigenvalue weighted by Gasteiger charge is -2.30. The number of hydrogen-bond donors (Lipinski definition) is 5. The van der Waals surface area contributed by atoms with Gasteiger partial charge < -0.3 is 49.9 Å². The van der Waals surface area contributed by atoms with Gasteiger partial charge in [-0.2, -0.15) is 0 Å². The highest BCUT2D eigenvalue weighted by Gasteiger charge is 2.39. The number of nitrogens with zero attached hydrogens (tertiary/aromatic N) is 4. The third-order valence-electron chi connectivity index (χ3n) is 11.0. The molecule has 5 N–H and O–H groups in total. The van der Waals surface area contributed by atoms with Gasteiger partial charge in [0.2, 0.25) is 11.8 Å². The lowest BCUT2D eigenvalue weighted by Crippen LogP contribution is -2.51. The van der Waals surface area contributed by atoms with E-state index in [2.05, 4.69) is 30.9 Å². The Balaban J connectivity index is 1.07. The summed E-state index contributed by atoms with van der Waals surface area (Å²) in [6.07, 6.45) is 5.15. The van der Waals surface area contributed by atoms with Crippen LogP contribution in [-0.4, -0.2) is 99.0 Å². The van der Waals surface area contributed by atoms with Gasteiger partial charge in [-0.25, -0.2) is 19.6 Å². The predicted molar refractivity (Wildman–Crippen MR) is 212 cm³/mol. The number of methoxy groups -OCH3 is 2. The van der Waals surface area contributed by atoms with Crippen LogP contribution in [0.25, 0.3) is 22.5 Å². The molecule has 58 heavy (non-hydrogen) atoms. The maximum Gasteiger partial charge on any atom is 0.407 e. The number of anilines is 1. The molecule has 4 atom stereocenters. The number of benzene rings is 2. The van der Waals surface area contributed by atoms with Crippen LogP contribution < -0.4 is 20.7 Å². The normalized spacial score (nSPS) is 18.4. The molecule has 2 aromatic carbocycles. The number of ether oxygens (including phenoxy) is 3. The van der Waals surface area contributed by atoms with Gasteiger partial charge in [0.05, 0.1) is 55.1 Å². The lowest BCUT2D eigenvalue weighted by molar-refractivity contribution is -0.136. The van der Waals surface area contributed by atoms with Crippen LogP contribution in [0.4, 0.5) is 15.3 Å². The van der Waals surface area contributed by atoms with E-state index in [1.165, 1.54) is 14.2 Å². The van der Waals surface area contributed by atoms with Crippen LogP contribution in [0.15, 0.2) is 48.8 Å². The molecule has 5 heterocycles. The summed E-state index contributed by atoms with van der Waals surface area (Å²) in [5.74, 6) is 1.02. The maximum atomic E-state index is 13.6. The Hall–Kier alpha value is -6.39. The molecule has 3 aliphatic heterocycles. The lowest BCUT2D eigenvalue weighted by atomic mass is 10.0. The number of hydrogen-bond acceptors (Lipinski definition) is 10. The van der Waals surface area contributed by atoms with Gasteiger partial charge in [0, 0.05) is 30.4 Å². The van der Waals surface area contributed by atoms with Gasteiger partial charge in [0.1, 0.15) is 29.5 Å². The number of carbonyl (C=O) groups is 5. The monoisotopic (exact) mass is 795 g/mol. The van der Waals surface area contributed by atoms with Crippen LogP contribution in [0, 0.1) is 11.8 Å². The van der Waals surface area contributed by atoms with Gasteiger partial charge >= 0.3 is 12.2 Å². The van der Waals surface area contributed by atoms with Crippen molar-refractivity contribution in [2.75, 3.05) is 32.6 Å². The van der Waals surface area contributed by atoms with Crippen molar-refractivity contribution in [1.29, 1.82) is 0 Å². The van der Waals surface area contributed by atoms with Crippen LogP contribution >= 0.6 is 0 Å². The first-order chi connectivity index (χ1) is 27.9. The average molecular weight is 796 g/mol. The molecule has 2 unspecified atom stereocenters. The number of likely N-dealkylation sites (tertiary alicyclic amines) is 2. The van der Waals surface area contributed by atoms with Crippen molar-refractivity contribution in [3.63, 3.8) is 0 Å². The van der Waals surface area contributed by atoms with Crippen molar-refractivity contribution in [3.05, 3.63) is 66.0 Å². The Bertz CT molecular complexity index is 2210. The number of H-pyrrole nitrogens is 2. The second-order valence-electron chi connectivity index (χ2n) is 15.4. The van der Waals surface area contributed by atoms with E-state index in [-0.39, 0.29) is 41.6 Å². The van der Waals surface area contributed by atoms with Crippen molar-refractivity contribution in [1.82, 2.24) is 40.4 Å². The predicted octanol–water partition coefficient (Wildman–Crippen LogP) is 5.91. The molecular formula is C41H49N9O8. The first kappa shape index (κ1) is 39.8. The number of aromatic amines is 2. The van der Waals surface area contributed by atoms with Crippen LogP contribution in [0.2, 0.25) is 0 Å². The Labute approximate surface area is 335 Å². The van der Waals surface area contributed by atoms with E-state index < -0.39 is 24.3 Å². The standard InChI is InChI=1S/C41H49N9O8/c1-21(2)33(47-40(54)56-5)38(52)49-15-7-9-29(49)35-42-19-27(44-35)23-12-14-31-26(17-23)46-37(51)25-13-11-24(18-32(25)58-31)28-20-43-36(45-28)30-10-8-16-50(30)39(53)34(22(3)4)48-41(55)57-6/h11-14,17-22,29-30,33-34H,7-10,15-16H2,1-6H3,(H,42,44)(H,43,45)(H,46,51)(H,47,54)(H,48,55)/t29?,30?,33-,34-/m0/s1. The molecule has 0 saturated carbocycles. The first-order valence-electron chi connectivity index (χ1n) is 19.5. The van der Waals surface area contributed by atoms with Gasteiger partial charge in [-0.1, -0.05) is 33.8 Å². The number of aromatic nitrogens is 4. The SMILES string of the molecule is COC(=O)N[C@H](C(=O)N1CCCC1c1nc(-c2ccc3c(c2)Oc2ccc(-c4cnc(C5CCCN5C(=O)[C@@H](NC(=O)OC)C(C)C)[nH]4)cc2NC3=O)c[nH]1)C(C)C. The summed E-state index contributed by atoms with van der Waals surface area (Å²) in [7, 11) is 2.53. The highest BCUT2D eigenvalue weighted by atomic mass is 16.5. The topological polar surface area (TPSA) is 213 Å². The molecule has 2 fully saturated rings. The van der Waals surface area contributed by atoms with Gasteiger partial charge in [0.15, 0.2) is 5.75 Å². The summed E-state index contributed by atoms with van der Waals surface area (Å²) in [4.78, 5) is 84.4. The van der Waals surface area contributed by atoms with E-state index in [4.69, 9.17) is 19.2 Å². The third-order valence-corrected chi connectivity index (χ3v) is 11.0. The van der Waals surface area contributed by atoms with Crippen LogP contribution in [0.1, 0.15) is 87.5 Å².